The van der Waals surface area contributed by atoms with E-state index in [-0.39, 0.29) is 36.3 Å². The molecule has 0 radical (unpaired) electrons. The molecule has 21 heavy (non-hydrogen) atoms. The minimum atomic E-state index is -0.512. The van der Waals surface area contributed by atoms with E-state index < -0.39 is 5.41 Å². The Hall–Kier alpha value is -0.850. The monoisotopic (exact) mass is 321 g/mol. The van der Waals surface area contributed by atoms with Gasteiger partial charge in [0.1, 0.15) is 0 Å². The van der Waals surface area contributed by atoms with Crippen molar-refractivity contribution in [3.8, 4) is 0 Å². The molecular weight excluding hydrogens is 294 g/mol. The van der Waals surface area contributed by atoms with Crippen LogP contribution >= 0.6 is 12.4 Å². The van der Waals surface area contributed by atoms with E-state index in [9.17, 15) is 9.59 Å². The number of methoxy groups -OCH3 is 1. The van der Waals surface area contributed by atoms with E-state index in [2.05, 4.69) is 16.0 Å². The average molecular weight is 322 g/mol. The molecule has 0 aromatic rings. The van der Waals surface area contributed by atoms with Gasteiger partial charge in [0.2, 0.25) is 11.8 Å². The molecule has 7 heteroatoms. The smallest absolute Gasteiger partial charge is 0.239 e. The molecule has 1 heterocycles. The maximum absolute atomic E-state index is 12.4. The number of carbonyl (C=O) groups excluding carboxylic acids is 2. The van der Waals surface area contributed by atoms with Gasteiger partial charge in [-0.1, -0.05) is 0 Å². The van der Waals surface area contributed by atoms with Crippen LogP contribution in [0.2, 0.25) is 0 Å². The summed E-state index contributed by atoms with van der Waals surface area (Å²) in [5.74, 6) is -0.266. The molecule has 0 unspecified atom stereocenters. The molecule has 0 spiro atoms. The van der Waals surface area contributed by atoms with Gasteiger partial charge >= 0.3 is 0 Å². The highest BCUT2D eigenvalue weighted by molar-refractivity contribution is 5.88. The first kappa shape index (κ1) is 20.1. The van der Waals surface area contributed by atoms with Crippen molar-refractivity contribution in [2.24, 2.45) is 5.41 Å². The molecule has 6 nitrogen and oxygen atoms in total. The molecule has 1 fully saturated rings. The third-order valence-electron chi connectivity index (χ3n) is 3.39. The highest BCUT2D eigenvalue weighted by atomic mass is 35.5. The molecule has 0 saturated carbocycles. The van der Waals surface area contributed by atoms with Crippen molar-refractivity contribution >= 4 is 24.2 Å². The molecule has 1 aliphatic rings. The van der Waals surface area contributed by atoms with Gasteiger partial charge in [0, 0.05) is 12.6 Å². The van der Waals surface area contributed by atoms with Crippen molar-refractivity contribution in [1.82, 2.24) is 16.0 Å². The zero-order valence-corrected chi connectivity index (χ0v) is 14.2. The van der Waals surface area contributed by atoms with Crippen molar-refractivity contribution in [2.75, 3.05) is 33.4 Å². The third kappa shape index (κ3) is 6.63. The maximum Gasteiger partial charge on any atom is 0.239 e. The standard InChI is InChI=1S/C14H27N3O3.ClH/c1-13(2,3)17-11(18)9-16-12(19)14(10-20-4)5-7-15-8-6-14;/h15H,5-10H2,1-4H3,(H,16,19)(H,17,18);1H. The summed E-state index contributed by atoms with van der Waals surface area (Å²) in [6, 6.07) is 0. The van der Waals surface area contributed by atoms with Crippen LogP contribution in [0.5, 0.6) is 0 Å². The summed E-state index contributed by atoms with van der Waals surface area (Å²) in [5, 5.41) is 8.80. The quantitative estimate of drug-likeness (QED) is 0.687. The Kier molecular flexibility index (Phi) is 8.21. The number of piperidine rings is 1. The van der Waals surface area contributed by atoms with Crippen LogP contribution in [0.3, 0.4) is 0 Å². The molecule has 124 valence electrons. The van der Waals surface area contributed by atoms with Gasteiger partial charge in [-0.15, -0.1) is 12.4 Å². The highest BCUT2D eigenvalue weighted by Crippen LogP contribution is 2.29. The first-order chi connectivity index (χ1) is 9.29. The normalized spacial score (nSPS) is 17.5. The lowest BCUT2D eigenvalue weighted by Crippen LogP contribution is -2.53. The summed E-state index contributed by atoms with van der Waals surface area (Å²) in [7, 11) is 1.60. The van der Waals surface area contributed by atoms with Crippen LogP contribution < -0.4 is 16.0 Å². The fraction of sp³-hybridized carbons (Fsp3) is 0.857. The number of hydrogen-bond acceptors (Lipinski definition) is 4. The molecule has 0 aliphatic carbocycles. The third-order valence-corrected chi connectivity index (χ3v) is 3.39. The van der Waals surface area contributed by atoms with Crippen LogP contribution in [0.1, 0.15) is 33.6 Å². The second kappa shape index (κ2) is 8.56. The van der Waals surface area contributed by atoms with E-state index in [0.717, 1.165) is 25.9 Å². The summed E-state index contributed by atoms with van der Waals surface area (Å²) < 4.78 is 5.20. The van der Waals surface area contributed by atoms with Crippen molar-refractivity contribution in [3.63, 3.8) is 0 Å². The topological polar surface area (TPSA) is 79.5 Å². The van der Waals surface area contributed by atoms with Crippen LogP contribution in [-0.4, -0.2) is 50.7 Å². The van der Waals surface area contributed by atoms with Crippen molar-refractivity contribution < 1.29 is 14.3 Å². The molecule has 1 saturated heterocycles. The molecule has 0 atom stereocenters. The fourth-order valence-electron chi connectivity index (χ4n) is 2.43. The molecule has 0 aromatic heterocycles. The lowest BCUT2D eigenvalue weighted by atomic mass is 9.78. The molecule has 0 bridgehead atoms. The number of hydrogen-bond donors (Lipinski definition) is 3. The zero-order chi connectivity index (χ0) is 15.2. The van der Waals surface area contributed by atoms with E-state index in [1.165, 1.54) is 0 Å². The molecule has 0 aromatic carbocycles. The Balaban J connectivity index is 0.00000400. The number of nitrogens with one attached hydrogen (secondary N) is 3. The second-order valence-corrected chi connectivity index (χ2v) is 6.44. The lowest BCUT2D eigenvalue weighted by molar-refractivity contribution is -0.138. The van der Waals surface area contributed by atoms with E-state index >= 15 is 0 Å². The SMILES string of the molecule is COCC1(C(=O)NCC(=O)NC(C)(C)C)CCNCC1.Cl. The van der Waals surface area contributed by atoms with Crippen LogP contribution in [0.15, 0.2) is 0 Å². The van der Waals surface area contributed by atoms with Crippen molar-refractivity contribution in [1.29, 1.82) is 0 Å². The van der Waals surface area contributed by atoms with E-state index in [1.54, 1.807) is 7.11 Å². The number of carbonyl (C=O) groups is 2. The number of amides is 2. The van der Waals surface area contributed by atoms with Crippen LogP contribution in [0.4, 0.5) is 0 Å². The number of ether oxygens (including phenoxy) is 1. The Morgan fingerprint density at radius 2 is 1.81 bits per heavy atom. The van der Waals surface area contributed by atoms with Gasteiger partial charge in [0.25, 0.3) is 0 Å². The lowest BCUT2D eigenvalue weighted by Gasteiger charge is -2.35. The van der Waals surface area contributed by atoms with E-state index in [0.29, 0.717) is 6.61 Å². The van der Waals surface area contributed by atoms with Crippen LogP contribution in [-0.2, 0) is 14.3 Å². The first-order valence-corrected chi connectivity index (χ1v) is 7.08. The predicted molar refractivity (Wildman–Crippen MR) is 84.6 cm³/mol. The zero-order valence-electron chi connectivity index (χ0n) is 13.4. The largest absolute Gasteiger partial charge is 0.384 e. The first-order valence-electron chi connectivity index (χ1n) is 7.08. The van der Waals surface area contributed by atoms with Gasteiger partial charge in [-0.25, -0.2) is 0 Å². The summed E-state index contributed by atoms with van der Waals surface area (Å²) in [6.07, 6.45) is 1.46. The molecule has 2 amide bonds. The maximum atomic E-state index is 12.4. The van der Waals surface area contributed by atoms with Crippen molar-refractivity contribution in [3.05, 3.63) is 0 Å². The minimum Gasteiger partial charge on any atom is -0.384 e. The Bertz CT molecular complexity index is 344. The molecular formula is C14H28ClN3O3. The predicted octanol–water partition coefficient (Wildman–Crippen LogP) is 0.455. The summed E-state index contributed by atoms with van der Waals surface area (Å²) >= 11 is 0. The van der Waals surface area contributed by atoms with E-state index in [4.69, 9.17) is 4.74 Å². The Morgan fingerprint density at radius 3 is 2.29 bits per heavy atom. The Labute approximate surface area is 133 Å². The second-order valence-electron chi connectivity index (χ2n) is 6.44. The number of rotatable bonds is 5. The van der Waals surface area contributed by atoms with Crippen molar-refractivity contribution in [2.45, 2.75) is 39.2 Å². The summed E-state index contributed by atoms with van der Waals surface area (Å²) in [4.78, 5) is 24.1. The van der Waals surface area contributed by atoms with Gasteiger partial charge in [0.15, 0.2) is 0 Å². The fourth-order valence-corrected chi connectivity index (χ4v) is 2.43. The van der Waals surface area contributed by atoms with Gasteiger partial charge in [-0.05, 0) is 46.7 Å². The average Bonchev–Trinajstić information content (AvgIpc) is 2.35. The van der Waals surface area contributed by atoms with Gasteiger partial charge in [-0.2, -0.15) is 0 Å². The van der Waals surface area contributed by atoms with Crippen LogP contribution in [0, 0.1) is 5.41 Å². The van der Waals surface area contributed by atoms with Crippen LogP contribution in [0.25, 0.3) is 0 Å². The van der Waals surface area contributed by atoms with Gasteiger partial charge in [0.05, 0.1) is 18.6 Å². The molecule has 1 rings (SSSR count). The Morgan fingerprint density at radius 1 is 1.24 bits per heavy atom. The highest BCUT2D eigenvalue weighted by Gasteiger charge is 2.39. The summed E-state index contributed by atoms with van der Waals surface area (Å²) in [5.41, 5.74) is -0.803. The molecule has 3 N–H and O–H groups in total. The molecule has 1 aliphatic heterocycles. The van der Waals surface area contributed by atoms with Gasteiger partial charge < -0.3 is 20.7 Å². The van der Waals surface area contributed by atoms with Gasteiger partial charge in [-0.3, -0.25) is 9.59 Å². The number of halogens is 1. The minimum absolute atomic E-state index is 0. The van der Waals surface area contributed by atoms with E-state index in [1.807, 2.05) is 20.8 Å². The summed E-state index contributed by atoms with van der Waals surface area (Å²) in [6.45, 7) is 7.72.